The van der Waals surface area contributed by atoms with E-state index in [1.54, 1.807) is 24.3 Å². The third-order valence-corrected chi connectivity index (χ3v) is 3.77. The van der Waals surface area contributed by atoms with E-state index in [0.29, 0.717) is 17.0 Å². The van der Waals surface area contributed by atoms with Crippen LogP contribution in [0.5, 0.6) is 5.75 Å². The van der Waals surface area contributed by atoms with Crippen LogP contribution in [-0.2, 0) is 14.3 Å². The first-order valence-electron chi connectivity index (χ1n) is 8.47. The van der Waals surface area contributed by atoms with Gasteiger partial charge in [-0.1, -0.05) is 0 Å². The highest BCUT2D eigenvalue weighted by Crippen LogP contribution is 2.16. The quantitative estimate of drug-likeness (QED) is 0.391. The van der Waals surface area contributed by atoms with Crippen molar-refractivity contribution in [2.24, 2.45) is 0 Å². The number of carbonyl (C=O) groups excluding carboxylic acids is 3. The number of ether oxygens (including phenoxy) is 2. The van der Waals surface area contributed by atoms with E-state index in [1.165, 1.54) is 38.3 Å². The fraction of sp³-hybridized carbons (Fsp3) is 0.211. The summed E-state index contributed by atoms with van der Waals surface area (Å²) in [7, 11) is 1.50. The maximum absolute atomic E-state index is 12.1. The highest BCUT2D eigenvalue weighted by atomic mass is 16.6. The Labute approximate surface area is 166 Å². The van der Waals surface area contributed by atoms with Crippen LogP contribution in [0.3, 0.4) is 0 Å². The van der Waals surface area contributed by atoms with E-state index in [1.807, 2.05) is 0 Å². The number of hydrogen-bond acceptors (Lipinski definition) is 7. The van der Waals surface area contributed by atoms with Gasteiger partial charge in [-0.25, -0.2) is 0 Å². The molecule has 0 bridgehead atoms. The van der Waals surface area contributed by atoms with Crippen molar-refractivity contribution in [3.63, 3.8) is 0 Å². The van der Waals surface area contributed by atoms with Crippen LogP contribution >= 0.6 is 0 Å². The second-order valence-corrected chi connectivity index (χ2v) is 5.84. The molecular weight excluding hydrogens is 382 g/mol. The molecule has 2 aromatic rings. The largest absolute Gasteiger partial charge is 0.497 e. The summed E-state index contributed by atoms with van der Waals surface area (Å²) < 4.78 is 9.97. The predicted molar refractivity (Wildman–Crippen MR) is 103 cm³/mol. The molecule has 0 aliphatic rings. The third-order valence-electron chi connectivity index (χ3n) is 3.77. The Kier molecular flexibility index (Phi) is 7.24. The van der Waals surface area contributed by atoms with Gasteiger partial charge in [0.15, 0.2) is 6.10 Å². The molecule has 10 heteroatoms. The second-order valence-electron chi connectivity index (χ2n) is 5.84. The van der Waals surface area contributed by atoms with Crippen LogP contribution < -0.4 is 15.4 Å². The van der Waals surface area contributed by atoms with Gasteiger partial charge in [-0.05, 0) is 43.3 Å². The lowest BCUT2D eigenvalue weighted by atomic mass is 10.2. The molecule has 2 aromatic carbocycles. The number of methoxy groups -OCH3 is 1. The predicted octanol–water partition coefficient (Wildman–Crippen LogP) is 1.90. The van der Waals surface area contributed by atoms with Gasteiger partial charge in [0.05, 0.1) is 12.0 Å². The number of rotatable bonds is 8. The zero-order valence-electron chi connectivity index (χ0n) is 15.7. The number of non-ortho nitro benzene ring substituents is 1. The highest BCUT2D eigenvalue weighted by molar-refractivity contribution is 5.97. The number of hydrogen-bond donors (Lipinski definition) is 2. The Morgan fingerprint density at radius 2 is 1.69 bits per heavy atom. The first kappa shape index (κ1) is 21.4. The van der Waals surface area contributed by atoms with Crippen LogP contribution in [0.4, 0.5) is 11.4 Å². The molecule has 2 amide bonds. The number of nitro groups is 1. The van der Waals surface area contributed by atoms with Crippen molar-refractivity contribution in [2.45, 2.75) is 13.0 Å². The number of benzene rings is 2. The monoisotopic (exact) mass is 401 g/mol. The Bertz CT molecular complexity index is 895. The molecule has 152 valence electrons. The molecule has 0 saturated heterocycles. The summed E-state index contributed by atoms with van der Waals surface area (Å²) in [6.07, 6.45) is -1.13. The molecule has 0 fully saturated rings. The Morgan fingerprint density at radius 1 is 1.07 bits per heavy atom. The lowest BCUT2D eigenvalue weighted by molar-refractivity contribution is -0.384. The average Bonchev–Trinajstić information content (AvgIpc) is 2.72. The van der Waals surface area contributed by atoms with Crippen molar-refractivity contribution in [3.8, 4) is 5.75 Å². The van der Waals surface area contributed by atoms with Gasteiger partial charge in [-0.2, -0.15) is 0 Å². The summed E-state index contributed by atoms with van der Waals surface area (Å²) in [5.74, 6) is -1.30. The zero-order chi connectivity index (χ0) is 21.4. The summed E-state index contributed by atoms with van der Waals surface area (Å²) in [4.78, 5) is 46.0. The lowest BCUT2D eigenvalue weighted by Gasteiger charge is -2.14. The molecule has 1 atom stereocenters. The van der Waals surface area contributed by atoms with Crippen molar-refractivity contribution in [2.75, 3.05) is 19.0 Å². The van der Waals surface area contributed by atoms with Gasteiger partial charge in [0, 0.05) is 23.4 Å². The van der Waals surface area contributed by atoms with Gasteiger partial charge in [0.2, 0.25) is 0 Å². The summed E-state index contributed by atoms with van der Waals surface area (Å²) >= 11 is 0. The molecule has 0 radical (unpaired) electrons. The van der Waals surface area contributed by atoms with E-state index >= 15 is 0 Å². The molecule has 2 rings (SSSR count). The average molecular weight is 401 g/mol. The fourth-order valence-electron chi connectivity index (χ4n) is 2.20. The Balaban J connectivity index is 1.80. The Hall–Kier alpha value is -3.95. The van der Waals surface area contributed by atoms with Gasteiger partial charge in [-0.3, -0.25) is 24.5 Å². The van der Waals surface area contributed by atoms with Gasteiger partial charge in [0.1, 0.15) is 12.3 Å². The minimum Gasteiger partial charge on any atom is -0.497 e. The van der Waals surface area contributed by atoms with Crippen molar-refractivity contribution in [1.82, 2.24) is 5.32 Å². The van der Waals surface area contributed by atoms with E-state index in [2.05, 4.69) is 10.6 Å². The number of nitrogens with one attached hydrogen (secondary N) is 2. The molecule has 0 heterocycles. The van der Waals surface area contributed by atoms with Gasteiger partial charge >= 0.3 is 5.97 Å². The standard InChI is InChI=1S/C19H19N3O7/c1-12(18(24)21-14-5-7-15(8-6-14)22(26)27)29-17(23)11-20-19(25)13-3-9-16(28-2)10-4-13/h3-10,12H,11H2,1-2H3,(H,20,25)(H,21,24). The van der Waals surface area contributed by atoms with Crippen LogP contribution in [0.25, 0.3) is 0 Å². The van der Waals surface area contributed by atoms with Crippen LogP contribution in [-0.4, -0.2) is 42.5 Å². The van der Waals surface area contributed by atoms with Crippen molar-refractivity contribution >= 4 is 29.2 Å². The topological polar surface area (TPSA) is 137 Å². The maximum atomic E-state index is 12.1. The first-order chi connectivity index (χ1) is 13.8. The fourth-order valence-corrected chi connectivity index (χ4v) is 2.20. The van der Waals surface area contributed by atoms with Crippen LogP contribution in [0.1, 0.15) is 17.3 Å². The zero-order valence-corrected chi connectivity index (χ0v) is 15.7. The summed E-state index contributed by atoms with van der Waals surface area (Å²) in [6.45, 7) is 0.948. The number of nitrogens with zero attached hydrogens (tertiary/aromatic N) is 1. The van der Waals surface area contributed by atoms with E-state index in [-0.39, 0.29) is 5.69 Å². The minimum atomic E-state index is -1.13. The molecule has 1 unspecified atom stereocenters. The van der Waals surface area contributed by atoms with Crippen LogP contribution in [0.2, 0.25) is 0 Å². The number of esters is 1. The number of amides is 2. The van der Waals surface area contributed by atoms with Crippen LogP contribution in [0.15, 0.2) is 48.5 Å². The minimum absolute atomic E-state index is 0.116. The van der Waals surface area contributed by atoms with Crippen molar-refractivity contribution < 1.29 is 28.8 Å². The summed E-state index contributed by atoms with van der Waals surface area (Å²) in [5.41, 5.74) is 0.536. The number of anilines is 1. The lowest BCUT2D eigenvalue weighted by Crippen LogP contribution is -2.35. The smallest absolute Gasteiger partial charge is 0.326 e. The summed E-state index contributed by atoms with van der Waals surface area (Å²) in [5, 5.41) is 15.5. The molecule has 10 nitrogen and oxygen atoms in total. The van der Waals surface area contributed by atoms with Crippen LogP contribution in [0, 0.1) is 10.1 Å². The van der Waals surface area contributed by atoms with E-state index in [9.17, 15) is 24.5 Å². The molecule has 0 spiro atoms. The normalized spacial score (nSPS) is 11.1. The second kappa shape index (κ2) is 9.83. The molecule has 0 saturated carbocycles. The molecular formula is C19H19N3O7. The molecule has 0 aliphatic heterocycles. The molecule has 29 heavy (non-hydrogen) atoms. The SMILES string of the molecule is COc1ccc(C(=O)NCC(=O)OC(C)C(=O)Nc2ccc([N+](=O)[O-])cc2)cc1. The molecule has 0 aromatic heterocycles. The van der Waals surface area contributed by atoms with Gasteiger partial charge < -0.3 is 20.1 Å². The van der Waals surface area contributed by atoms with Crippen molar-refractivity contribution in [1.29, 1.82) is 0 Å². The first-order valence-corrected chi connectivity index (χ1v) is 8.47. The summed E-state index contributed by atoms with van der Waals surface area (Å²) in [6, 6.07) is 11.5. The molecule has 0 aliphatic carbocycles. The van der Waals surface area contributed by atoms with E-state index in [0.717, 1.165) is 0 Å². The maximum Gasteiger partial charge on any atom is 0.326 e. The van der Waals surface area contributed by atoms with E-state index in [4.69, 9.17) is 9.47 Å². The highest BCUT2D eigenvalue weighted by Gasteiger charge is 2.19. The van der Waals surface area contributed by atoms with Gasteiger partial charge in [0.25, 0.3) is 17.5 Å². The third kappa shape index (κ3) is 6.31. The van der Waals surface area contributed by atoms with Crippen molar-refractivity contribution in [3.05, 3.63) is 64.2 Å². The molecule has 2 N–H and O–H groups in total. The number of nitro benzene ring substituents is 1. The van der Waals surface area contributed by atoms with E-state index < -0.39 is 35.4 Å². The van der Waals surface area contributed by atoms with Gasteiger partial charge in [-0.15, -0.1) is 0 Å². The Morgan fingerprint density at radius 3 is 2.24 bits per heavy atom. The number of carbonyl (C=O) groups is 3.